The maximum absolute atomic E-state index is 10.3. The van der Waals surface area contributed by atoms with E-state index in [9.17, 15) is 5.11 Å². The fourth-order valence-corrected chi connectivity index (χ4v) is 2.48. The van der Waals surface area contributed by atoms with Crippen LogP contribution in [0.5, 0.6) is 0 Å². The van der Waals surface area contributed by atoms with Crippen molar-refractivity contribution in [1.29, 1.82) is 0 Å². The van der Waals surface area contributed by atoms with Crippen molar-refractivity contribution in [3.8, 4) is 0 Å². The molecule has 1 heterocycles. The smallest absolute Gasteiger partial charge is 0.134 e. The molecule has 1 aromatic heterocycles. The summed E-state index contributed by atoms with van der Waals surface area (Å²) in [6, 6.07) is 8.09. The van der Waals surface area contributed by atoms with E-state index in [0.29, 0.717) is 19.6 Å². The summed E-state index contributed by atoms with van der Waals surface area (Å²) >= 11 is 0. The third-order valence-corrected chi connectivity index (χ3v) is 3.91. The molecule has 0 aliphatic heterocycles. The predicted molar refractivity (Wildman–Crippen MR) is 84.5 cm³/mol. The average molecular weight is 291 g/mol. The predicted octanol–water partition coefficient (Wildman–Crippen LogP) is 3.18. The van der Waals surface area contributed by atoms with Crippen LogP contribution in [0.2, 0.25) is 0 Å². The van der Waals surface area contributed by atoms with Crippen LogP contribution in [-0.2, 0) is 4.74 Å². The molecule has 0 aliphatic carbocycles. The Bertz CT molecular complexity index is 589. The number of aliphatic hydroxyl groups is 1. The van der Waals surface area contributed by atoms with Crippen LogP contribution in [0, 0.1) is 6.92 Å². The zero-order valence-corrected chi connectivity index (χ0v) is 13.3. The van der Waals surface area contributed by atoms with Gasteiger partial charge in [0.2, 0.25) is 0 Å². The summed E-state index contributed by atoms with van der Waals surface area (Å²) in [6.45, 7) is 6.98. The second kappa shape index (κ2) is 6.60. The monoisotopic (exact) mass is 291 g/mol. The van der Waals surface area contributed by atoms with Crippen LogP contribution in [0.15, 0.2) is 28.7 Å². The number of nitrogens with one attached hydrogen (secondary N) is 1. The van der Waals surface area contributed by atoms with Crippen molar-refractivity contribution >= 4 is 11.0 Å². The van der Waals surface area contributed by atoms with Gasteiger partial charge in [-0.2, -0.15) is 0 Å². The quantitative estimate of drug-likeness (QED) is 0.822. The number of methoxy groups -OCH3 is 1. The lowest BCUT2D eigenvalue weighted by Gasteiger charge is -2.25. The number of hydrogen-bond donors (Lipinski definition) is 2. The molecule has 4 heteroatoms. The molecule has 2 aromatic rings. The van der Waals surface area contributed by atoms with Crippen LogP contribution < -0.4 is 5.32 Å². The Morgan fingerprint density at radius 3 is 2.76 bits per heavy atom. The van der Waals surface area contributed by atoms with E-state index < -0.39 is 5.60 Å². The summed E-state index contributed by atoms with van der Waals surface area (Å²) in [4.78, 5) is 0. The molecule has 0 bridgehead atoms. The van der Waals surface area contributed by atoms with Gasteiger partial charge < -0.3 is 19.6 Å². The van der Waals surface area contributed by atoms with Gasteiger partial charge in [-0.3, -0.25) is 0 Å². The lowest BCUT2D eigenvalue weighted by atomic mass is 10.0. The van der Waals surface area contributed by atoms with E-state index in [0.717, 1.165) is 22.3 Å². The number of para-hydroxylation sites is 1. The number of hydrogen-bond acceptors (Lipinski definition) is 4. The Hall–Kier alpha value is -1.36. The number of benzene rings is 1. The number of ether oxygens (including phenoxy) is 1. The minimum absolute atomic E-state index is 0.0476. The molecule has 2 N–H and O–H groups in total. The Kier molecular flexibility index (Phi) is 5.04. The second-order valence-electron chi connectivity index (χ2n) is 5.93. The molecule has 116 valence electrons. The first-order valence-electron chi connectivity index (χ1n) is 7.37. The summed E-state index contributed by atoms with van der Waals surface area (Å²) in [5.74, 6) is 0.929. The molecule has 1 aromatic carbocycles. The number of rotatable bonds is 7. The Labute approximate surface area is 126 Å². The van der Waals surface area contributed by atoms with Gasteiger partial charge in [-0.15, -0.1) is 0 Å². The van der Waals surface area contributed by atoms with E-state index in [1.807, 2.05) is 25.1 Å². The first-order valence-corrected chi connectivity index (χ1v) is 7.37. The fourth-order valence-electron chi connectivity index (χ4n) is 2.48. The molecule has 2 unspecified atom stereocenters. The van der Waals surface area contributed by atoms with Gasteiger partial charge in [0.15, 0.2) is 0 Å². The maximum atomic E-state index is 10.3. The Morgan fingerprint density at radius 1 is 1.38 bits per heavy atom. The normalized spacial score (nSPS) is 16.0. The lowest BCUT2D eigenvalue weighted by molar-refractivity contribution is 0.0227. The summed E-state index contributed by atoms with van der Waals surface area (Å²) in [5, 5.41) is 14.8. The SMILES string of the molecule is COCCC(C)(O)CNC(C)c1oc2ccccc2c1C. The zero-order chi connectivity index (χ0) is 15.5. The van der Waals surface area contributed by atoms with Crippen molar-refractivity contribution in [2.45, 2.75) is 38.8 Å². The van der Waals surface area contributed by atoms with Crippen molar-refractivity contribution in [2.24, 2.45) is 0 Å². The molecule has 0 radical (unpaired) electrons. The van der Waals surface area contributed by atoms with Crippen LogP contribution in [-0.4, -0.2) is 31.0 Å². The molecule has 0 saturated heterocycles. The molecule has 21 heavy (non-hydrogen) atoms. The van der Waals surface area contributed by atoms with Gasteiger partial charge >= 0.3 is 0 Å². The molecule has 0 spiro atoms. The highest BCUT2D eigenvalue weighted by Gasteiger charge is 2.23. The molecule has 0 fully saturated rings. The molecule has 2 rings (SSSR count). The van der Waals surface area contributed by atoms with Gasteiger partial charge in [0.1, 0.15) is 11.3 Å². The van der Waals surface area contributed by atoms with Crippen molar-refractivity contribution in [1.82, 2.24) is 5.32 Å². The van der Waals surface area contributed by atoms with E-state index in [1.54, 1.807) is 7.11 Å². The molecular formula is C17H25NO3. The number of furan rings is 1. The van der Waals surface area contributed by atoms with Gasteiger partial charge in [0, 0.05) is 32.1 Å². The first kappa shape index (κ1) is 16.0. The van der Waals surface area contributed by atoms with Crippen LogP contribution in [0.25, 0.3) is 11.0 Å². The highest BCUT2D eigenvalue weighted by atomic mass is 16.5. The fraction of sp³-hybridized carbons (Fsp3) is 0.529. The Balaban J connectivity index is 2.05. The van der Waals surface area contributed by atoms with Crippen LogP contribution >= 0.6 is 0 Å². The highest BCUT2D eigenvalue weighted by Crippen LogP contribution is 2.29. The van der Waals surface area contributed by atoms with E-state index in [-0.39, 0.29) is 6.04 Å². The number of fused-ring (bicyclic) bond motifs is 1. The van der Waals surface area contributed by atoms with E-state index in [1.165, 1.54) is 0 Å². The summed E-state index contributed by atoms with van der Waals surface area (Å²) in [7, 11) is 1.64. The lowest BCUT2D eigenvalue weighted by Crippen LogP contribution is -2.39. The van der Waals surface area contributed by atoms with Gasteiger partial charge in [-0.1, -0.05) is 18.2 Å². The largest absolute Gasteiger partial charge is 0.459 e. The Morgan fingerprint density at radius 2 is 2.10 bits per heavy atom. The molecule has 2 atom stereocenters. The highest BCUT2D eigenvalue weighted by molar-refractivity contribution is 5.82. The number of aryl methyl sites for hydroxylation is 1. The van der Waals surface area contributed by atoms with E-state index in [4.69, 9.17) is 9.15 Å². The van der Waals surface area contributed by atoms with Crippen molar-refractivity contribution in [3.05, 3.63) is 35.6 Å². The molecule has 0 saturated carbocycles. The summed E-state index contributed by atoms with van der Waals surface area (Å²) < 4.78 is 11.0. The van der Waals surface area contributed by atoms with E-state index in [2.05, 4.69) is 25.2 Å². The van der Waals surface area contributed by atoms with Gasteiger partial charge in [0.05, 0.1) is 11.6 Å². The van der Waals surface area contributed by atoms with Crippen LogP contribution in [0.4, 0.5) is 0 Å². The zero-order valence-electron chi connectivity index (χ0n) is 13.3. The van der Waals surface area contributed by atoms with Crippen molar-refractivity contribution in [3.63, 3.8) is 0 Å². The first-order chi connectivity index (χ1) is 9.94. The van der Waals surface area contributed by atoms with E-state index >= 15 is 0 Å². The summed E-state index contributed by atoms with van der Waals surface area (Å²) in [6.07, 6.45) is 0.600. The van der Waals surface area contributed by atoms with Crippen LogP contribution in [0.1, 0.15) is 37.6 Å². The molecular weight excluding hydrogens is 266 g/mol. The third kappa shape index (κ3) is 3.84. The minimum Gasteiger partial charge on any atom is -0.459 e. The van der Waals surface area contributed by atoms with Gasteiger partial charge in [0.25, 0.3) is 0 Å². The average Bonchev–Trinajstić information content (AvgIpc) is 2.81. The molecule has 0 aliphatic rings. The third-order valence-electron chi connectivity index (χ3n) is 3.91. The minimum atomic E-state index is -0.788. The topological polar surface area (TPSA) is 54.6 Å². The molecule has 0 amide bonds. The molecule has 4 nitrogen and oxygen atoms in total. The second-order valence-corrected chi connectivity index (χ2v) is 5.93. The van der Waals surface area contributed by atoms with Crippen molar-refractivity contribution in [2.75, 3.05) is 20.3 Å². The standard InChI is InChI=1S/C17H25NO3/c1-12-14-7-5-6-8-15(14)21-16(12)13(2)18-11-17(3,19)9-10-20-4/h5-8,13,18-19H,9-11H2,1-4H3. The van der Waals surface area contributed by atoms with Gasteiger partial charge in [-0.25, -0.2) is 0 Å². The van der Waals surface area contributed by atoms with Crippen molar-refractivity contribution < 1.29 is 14.3 Å². The maximum Gasteiger partial charge on any atom is 0.134 e. The summed E-state index contributed by atoms with van der Waals surface area (Å²) in [5.41, 5.74) is 1.27. The van der Waals surface area contributed by atoms with Gasteiger partial charge in [-0.05, 0) is 32.4 Å². The van der Waals surface area contributed by atoms with Crippen LogP contribution in [0.3, 0.4) is 0 Å².